The van der Waals surface area contributed by atoms with Crippen LogP contribution in [0.1, 0.15) is 48.7 Å². The molecule has 1 saturated heterocycles. The monoisotopic (exact) mass is 324 g/mol. The molecule has 1 aromatic carbocycles. The molecule has 1 aliphatic heterocycles. The summed E-state index contributed by atoms with van der Waals surface area (Å²) >= 11 is 0. The number of nitrogens with zero attached hydrogens (tertiary/aromatic N) is 3. The van der Waals surface area contributed by atoms with E-state index in [1.165, 1.54) is 18.4 Å². The lowest BCUT2D eigenvalue weighted by Crippen LogP contribution is -2.32. The SMILES string of the molecule is CCc1ccc(Nc2cnc(C(=O)N3CCCCCC3)cn2)cc1. The standard InChI is InChI=1S/C19H24N4O/c1-2-15-7-9-16(10-8-15)22-18-14-20-17(13-21-18)19(24)23-11-5-3-4-6-12-23/h7-10,13-14H,2-6,11-12H2,1H3,(H,21,22). The molecule has 0 radical (unpaired) electrons. The Labute approximate surface area is 143 Å². The van der Waals surface area contributed by atoms with Crippen molar-refractivity contribution in [2.75, 3.05) is 18.4 Å². The number of benzene rings is 1. The highest BCUT2D eigenvalue weighted by molar-refractivity contribution is 5.92. The lowest BCUT2D eigenvalue weighted by molar-refractivity contribution is 0.0755. The fourth-order valence-corrected chi connectivity index (χ4v) is 2.91. The van der Waals surface area contributed by atoms with E-state index in [4.69, 9.17) is 0 Å². The first-order chi connectivity index (χ1) is 11.8. The first-order valence-corrected chi connectivity index (χ1v) is 8.73. The Bertz CT molecular complexity index is 659. The number of aryl methyl sites for hydroxylation is 1. The second kappa shape index (κ2) is 7.90. The summed E-state index contributed by atoms with van der Waals surface area (Å²) in [5, 5.41) is 3.21. The van der Waals surface area contributed by atoms with Crippen molar-refractivity contribution < 1.29 is 4.79 Å². The molecule has 1 N–H and O–H groups in total. The van der Waals surface area contributed by atoms with E-state index in [1.54, 1.807) is 12.4 Å². The number of rotatable bonds is 4. The van der Waals surface area contributed by atoms with Crippen LogP contribution in [0.25, 0.3) is 0 Å². The van der Waals surface area contributed by atoms with E-state index in [2.05, 4.69) is 34.3 Å². The molecule has 1 aromatic heterocycles. The summed E-state index contributed by atoms with van der Waals surface area (Å²) in [6, 6.07) is 8.23. The van der Waals surface area contributed by atoms with Crippen molar-refractivity contribution in [3.8, 4) is 0 Å². The van der Waals surface area contributed by atoms with Crippen LogP contribution in [-0.4, -0.2) is 33.9 Å². The molecule has 5 heteroatoms. The molecule has 0 saturated carbocycles. The van der Waals surface area contributed by atoms with E-state index in [-0.39, 0.29) is 5.91 Å². The topological polar surface area (TPSA) is 58.1 Å². The van der Waals surface area contributed by atoms with Crippen molar-refractivity contribution in [3.05, 3.63) is 47.9 Å². The highest BCUT2D eigenvalue weighted by Gasteiger charge is 2.18. The zero-order valence-corrected chi connectivity index (χ0v) is 14.2. The van der Waals surface area contributed by atoms with Crippen LogP contribution in [0.15, 0.2) is 36.7 Å². The molecule has 2 aromatic rings. The predicted octanol–water partition coefficient (Wildman–Crippen LogP) is 3.80. The number of aromatic nitrogens is 2. The molecule has 0 unspecified atom stereocenters. The quantitative estimate of drug-likeness (QED) is 0.929. The minimum atomic E-state index is -0.0109. The van der Waals surface area contributed by atoms with Gasteiger partial charge in [0.15, 0.2) is 0 Å². The number of anilines is 2. The van der Waals surface area contributed by atoms with Crippen LogP contribution in [0.3, 0.4) is 0 Å². The molecule has 0 aliphatic carbocycles. The van der Waals surface area contributed by atoms with Crippen LogP contribution in [0, 0.1) is 0 Å². The second-order valence-electron chi connectivity index (χ2n) is 6.17. The summed E-state index contributed by atoms with van der Waals surface area (Å²) in [6.45, 7) is 3.78. The van der Waals surface area contributed by atoms with Crippen LogP contribution < -0.4 is 5.32 Å². The van der Waals surface area contributed by atoms with Crippen molar-refractivity contribution in [2.45, 2.75) is 39.0 Å². The average molecular weight is 324 g/mol. The third kappa shape index (κ3) is 4.10. The summed E-state index contributed by atoms with van der Waals surface area (Å²) in [6.07, 6.45) is 8.77. The van der Waals surface area contributed by atoms with E-state index in [1.807, 2.05) is 17.0 Å². The van der Waals surface area contributed by atoms with E-state index >= 15 is 0 Å². The summed E-state index contributed by atoms with van der Waals surface area (Å²) in [5.41, 5.74) is 2.68. The largest absolute Gasteiger partial charge is 0.339 e. The van der Waals surface area contributed by atoms with E-state index in [0.717, 1.165) is 38.0 Å². The summed E-state index contributed by atoms with van der Waals surface area (Å²) in [5.74, 6) is 0.634. The summed E-state index contributed by atoms with van der Waals surface area (Å²) < 4.78 is 0. The zero-order chi connectivity index (χ0) is 16.8. The molecule has 0 bridgehead atoms. The van der Waals surface area contributed by atoms with Crippen LogP contribution in [0.5, 0.6) is 0 Å². The number of carbonyl (C=O) groups excluding carboxylic acids is 1. The maximum Gasteiger partial charge on any atom is 0.274 e. The Morgan fingerprint density at radius 1 is 1.04 bits per heavy atom. The van der Waals surface area contributed by atoms with Crippen molar-refractivity contribution in [1.82, 2.24) is 14.9 Å². The normalized spacial score (nSPS) is 15.0. The Hall–Kier alpha value is -2.43. The number of amides is 1. The molecule has 1 aliphatic rings. The van der Waals surface area contributed by atoms with Gasteiger partial charge in [-0.15, -0.1) is 0 Å². The highest BCUT2D eigenvalue weighted by Crippen LogP contribution is 2.16. The van der Waals surface area contributed by atoms with Crippen LogP contribution in [-0.2, 0) is 6.42 Å². The minimum absolute atomic E-state index is 0.0109. The fourth-order valence-electron chi connectivity index (χ4n) is 2.91. The fraction of sp³-hybridized carbons (Fsp3) is 0.421. The van der Waals surface area contributed by atoms with E-state index in [9.17, 15) is 4.79 Å². The maximum absolute atomic E-state index is 12.5. The third-order valence-electron chi connectivity index (χ3n) is 4.40. The second-order valence-corrected chi connectivity index (χ2v) is 6.17. The van der Waals surface area contributed by atoms with Gasteiger partial charge in [-0.05, 0) is 37.0 Å². The number of hydrogen-bond acceptors (Lipinski definition) is 4. The van der Waals surface area contributed by atoms with Crippen molar-refractivity contribution in [2.24, 2.45) is 0 Å². The zero-order valence-electron chi connectivity index (χ0n) is 14.2. The van der Waals surface area contributed by atoms with Crippen molar-refractivity contribution >= 4 is 17.4 Å². The van der Waals surface area contributed by atoms with Gasteiger partial charge >= 0.3 is 0 Å². The molecule has 126 valence electrons. The lowest BCUT2D eigenvalue weighted by Gasteiger charge is -2.19. The smallest absolute Gasteiger partial charge is 0.274 e. The Morgan fingerprint density at radius 3 is 2.33 bits per heavy atom. The Balaban J connectivity index is 1.64. The summed E-state index contributed by atoms with van der Waals surface area (Å²) in [7, 11) is 0. The number of likely N-dealkylation sites (tertiary alicyclic amines) is 1. The molecule has 24 heavy (non-hydrogen) atoms. The first-order valence-electron chi connectivity index (χ1n) is 8.73. The van der Waals surface area contributed by atoms with Gasteiger partial charge in [-0.1, -0.05) is 31.9 Å². The number of nitrogens with one attached hydrogen (secondary N) is 1. The maximum atomic E-state index is 12.5. The van der Waals surface area contributed by atoms with Crippen molar-refractivity contribution in [3.63, 3.8) is 0 Å². The number of carbonyl (C=O) groups is 1. The van der Waals surface area contributed by atoms with Gasteiger partial charge in [-0.25, -0.2) is 9.97 Å². The first kappa shape index (κ1) is 16.4. The van der Waals surface area contributed by atoms with Crippen LogP contribution in [0.4, 0.5) is 11.5 Å². The third-order valence-corrected chi connectivity index (χ3v) is 4.40. The molecule has 3 rings (SSSR count). The number of hydrogen-bond donors (Lipinski definition) is 1. The van der Waals surface area contributed by atoms with Gasteiger partial charge in [0.2, 0.25) is 0 Å². The van der Waals surface area contributed by atoms with Gasteiger partial charge in [0.1, 0.15) is 11.5 Å². The highest BCUT2D eigenvalue weighted by atomic mass is 16.2. The minimum Gasteiger partial charge on any atom is -0.339 e. The van der Waals surface area contributed by atoms with E-state index in [0.29, 0.717) is 11.5 Å². The molecular formula is C19H24N4O. The van der Waals surface area contributed by atoms with Gasteiger partial charge in [-0.2, -0.15) is 0 Å². The van der Waals surface area contributed by atoms with E-state index < -0.39 is 0 Å². The average Bonchev–Trinajstić information content (AvgIpc) is 2.92. The Kier molecular flexibility index (Phi) is 5.41. The van der Waals surface area contributed by atoms with Gasteiger partial charge in [0, 0.05) is 18.8 Å². The lowest BCUT2D eigenvalue weighted by atomic mass is 10.1. The molecule has 5 nitrogen and oxygen atoms in total. The molecule has 0 atom stereocenters. The molecular weight excluding hydrogens is 300 g/mol. The molecule has 1 fully saturated rings. The Morgan fingerprint density at radius 2 is 1.75 bits per heavy atom. The van der Waals surface area contributed by atoms with Crippen molar-refractivity contribution in [1.29, 1.82) is 0 Å². The van der Waals surface area contributed by atoms with Gasteiger partial charge < -0.3 is 10.2 Å². The molecule has 1 amide bonds. The van der Waals surface area contributed by atoms with Gasteiger partial charge in [0.25, 0.3) is 5.91 Å². The van der Waals surface area contributed by atoms with Gasteiger partial charge in [-0.3, -0.25) is 4.79 Å². The predicted molar refractivity (Wildman–Crippen MR) is 95.5 cm³/mol. The van der Waals surface area contributed by atoms with Crippen LogP contribution >= 0.6 is 0 Å². The van der Waals surface area contributed by atoms with Gasteiger partial charge in [0.05, 0.1) is 12.4 Å². The molecule has 2 heterocycles. The van der Waals surface area contributed by atoms with Crippen LogP contribution in [0.2, 0.25) is 0 Å². The molecule has 0 spiro atoms. The summed E-state index contributed by atoms with van der Waals surface area (Å²) in [4.78, 5) is 23.0.